The third kappa shape index (κ3) is 3.25. The van der Waals surface area contributed by atoms with Crippen molar-refractivity contribution in [2.45, 2.75) is 13.0 Å². The number of anilines is 3. The lowest BCUT2D eigenvalue weighted by Crippen LogP contribution is -2.30. The first-order chi connectivity index (χ1) is 14.9. The van der Waals surface area contributed by atoms with Crippen molar-refractivity contribution in [1.29, 1.82) is 0 Å². The Bertz CT molecular complexity index is 1210. The van der Waals surface area contributed by atoms with Crippen molar-refractivity contribution < 1.29 is 9.59 Å². The van der Waals surface area contributed by atoms with Gasteiger partial charge in [-0.3, -0.25) is 9.59 Å². The number of amides is 2. The van der Waals surface area contributed by atoms with Gasteiger partial charge in [0, 0.05) is 57.2 Å². The van der Waals surface area contributed by atoms with Crippen molar-refractivity contribution in [3.05, 3.63) is 46.5 Å². The number of hydrogen-bond acceptors (Lipinski definition) is 7. The minimum absolute atomic E-state index is 0.0916. The summed E-state index contributed by atoms with van der Waals surface area (Å²) in [6, 6.07) is 8.10. The van der Waals surface area contributed by atoms with Gasteiger partial charge in [-0.15, -0.1) is 11.3 Å². The average Bonchev–Trinajstić information content (AvgIpc) is 3.12. The molecule has 8 nitrogen and oxygen atoms in total. The molecule has 31 heavy (non-hydrogen) atoms. The minimum atomic E-state index is -0.519. The molecule has 2 aliphatic rings. The molecule has 2 aromatic heterocycles. The second-order valence-electron chi connectivity index (χ2n) is 8.05. The Labute approximate surface area is 184 Å². The third-order valence-corrected chi connectivity index (χ3v) is 7.23. The summed E-state index contributed by atoms with van der Waals surface area (Å²) in [4.78, 5) is 35.8. The summed E-state index contributed by atoms with van der Waals surface area (Å²) < 4.78 is 0. The molecule has 3 aromatic rings. The molecular formula is C22H24N6O2S. The number of rotatable bonds is 3. The Kier molecular flexibility index (Phi) is 4.70. The summed E-state index contributed by atoms with van der Waals surface area (Å²) in [7, 11) is 1.83. The van der Waals surface area contributed by atoms with Crippen molar-refractivity contribution >= 4 is 50.4 Å². The summed E-state index contributed by atoms with van der Waals surface area (Å²) in [6.07, 6.45) is 2.74. The van der Waals surface area contributed by atoms with E-state index >= 15 is 0 Å². The lowest BCUT2D eigenvalue weighted by Gasteiger charge is -2.25. The Balaban J connectivity index is 1.41. The van der Waals surface area contributed by atoms with Crippen LogP contribution in [0.4, 0.5) is 17.1 Å². The Morgan fingerprint density at radius 1 is 1.13 bits per heavy atom. The van der Waals surface area contributed by atoms with Gasteiger partial charge in [-0.2, -0.15) is 0 Å². The molecule has 4 heterocycles. The van der Waals surface area contributed by atoms with E-state index in [9.17, 15) is 9.59 Å². The Morgan fingerprint density at radius 3 is 2.71 bits per heavy atom. The minimum Gasteiger partial charge on any atom is -0.397 e. The van der Waals surface area contributed by atoms with E-state index in [0.717, 1.165) is 65.3 Å². The highest BCUT2D eigenvalue weighted by Crippen LogP contribution is 2.39. The largest absolute Gasteiger partial charge is 0.397 e. The number of primary amides is 1. The maximum Gasteiger partial charge on any atom is 0.260 e. The highest BCUT2D eigenvalue weighted by atomic mass is 32.1. The SMILES string of the molecule is CN1Cc2cc(N3CCCN(c4ccnc5sc(C(N)=O)c(N)c45)CC3)ccc2C1=O. The van der Waals surface area contributed by atoms with E-state index in [1.54, 1.807) is 11.1 Å². The van der Waals surface area contributed by atoms with Crippen LogP contribution in [-0.4, -0.2) is 54.9 Å². The summed E-state index contributed by atoms with van der Waals surface area (Å²) in [6.45, 7) is 4.13. The van der Waals surface area contributed by atoms with Crippen LogP contribution in [0.2, 0.25) is 0 Å². The number of nitrogen functional groups attached to an aromatic ring is 1. The van der Waals surface area contributed by atoms with Gasteiger partial charge >= 0.3 is 0 Å². The molecule has 0 spiro atoms. The predicted octanol–water partition coefficient (Wildman–Crippen LogP) is 2.28. The first kappa shape index (κ1) is 19.6. The number of nitrogens with two attached hydrogens (primary N) is 2. The van der Waals surface area contributed by atoms with Gasteiger partial charge in [0.05, 0.1) is 16.8 Å². The number of nitrogens with zero attached hydrogens (tertiary/aromatic N) is 4. The van der Waals surface area contributed by atoms with Crippen molar-refractivity contribution in [3.8, 4) is 0 Å². The van der Waals surface area contributed by atoms with E-state index in [0.29, 0.717) is 17.1 Å². The summed E-state index contributed by atoms with van der Waals surface area (Å²) in [5.41, 5.74) is 16.2. The molecule has 5 rings (SSSR count). The quantitative estimate of drug-likeness (QED) is 0.652. The zero-order valence-electron chi connectivity index (χ0n) is 17.3. The number of thiophene rings is 1. The number of carbonyl (C=O) groups is 2. The molecular weight excluding hydrogens is 412 g/mol. The van der Waals surface area contributed by atoms with Crippen LogP contribution in [0, 0.1) is 0 Å². The van der Waals surface area contributed by atoms with E-state index in [1.807, 2.05) is 25.2 Å². The highest BCUT2D eigenvalue weighted by Gasteiger charge is 2.26. The van der Waals surface area contributed by atoms with E-state index in [4.69, 9.17) is 11.5 Å². The second-order valence-corrected chi connectivity index (χ2v) is 9.05. The smallest absolute Gasteiger partial charge is 0.260 e. The zero-order valence-corrected chi connectivity index (χ0v) is 18.1. The first-order valence-corrected chi connectivity index (χ1v) is 11.1. The molecule has 1 aromatic carbocycles. The maximum absolute atomic E-state index is 12.2. The molecule has 0 bridgehead atoms. The van der Waals surface area contributed by atoms with E-state index < -0.39 is 5.91 Å². The van der Waals surface area contributed by atoms with E-state index in [2.05, 4.69) is 20.9 Å². The van der Waals surface area contributed by atoms with Gasteiger partial charge < -0.3 is 26.2 Å². The van der Waals surface area contributed by atoms with Crippen LogP contribution in [0.3, 0.4) is 0 Å². The van der Waals surface area contributed by atoms with Gasteiger partial charge in [0.2, 0.25) is 0 Å². The highest BCUT2D eigenvalue weighted by molar-refractivity contribution is 7.21. The summed E-state index contributed by atoms with van der Waals surface area (Å²) in [5.74, 6) is -0.428. The standard InChI is InChI=1S/C22H24N6O2S/c1-26-12-13-11-14(3-4-15(13)22(26)30)27-7-2-8-28(10-9-27)16-5-6-25-21-17(16)18(23)19(31-21)20(24)29/h3-6,11H,2,7-10,12,23H2,1H3,(H2,24,29). The van der Waals surface area contributed by atoms with Crippen LogP contribution in [0.15, 0.2) is 30.5 Å². The summed E-state index contributed by atoms with van der Waals surface area (Å²) in [5, 5.41) is 0.814. The molecule has 2 aliphatic heterocycles. The van der Waals surface area contributed by atoms with Crippen molar-refractivity contribution in [1.82, 2.24) is 9.88 Å². The fourth-order valence-corrected chi connectivity index (χ4v) is 5.48. The van der Waals surface area contributed by atoms with Crippen LogP contribution in [0.5, 0.6) is 0 Å². The Morgan fingerprint density at radius 2 is 1.90 bits per heavy atom. The molecule has 4 N–H and O–H groups in total. The molecule has 1 fully saturated rings. The van der Waals surface area contributed by atoms with Gasteiger partial charge in [-0.05, 0) is 36.2 Å². The number of pyridine rings is 1. The number of fused-ring (bicyclic) bond motifs is 2. The van der Waals surface area contributed by atoms with Crippen LogP contribution in [-0.2, 0) is 6.54 Å². The molecule has 1 saturated heterocycles. The van der Waals surface area contributed by atoms with Crippen LogP contribution in [0.1, 0.15) is 32.0 Å². The van der Waals surface area contributed by atoms with Crippen LogP contribution < -0.4 is 21.3 Å². The molecule has 0 aliphatic carbocycles. The van der Waals surface area contributed by atoms with Crippen LogP contribution in [0.25, 0.3) is 10.2 Å². The van der Waals surface area contributed by atoms with Gasteiger partial charge in [0.1, 0.15) is 9.71 Å². The number of carbonyl (C=O) groups excluding carboxylic acids is 2. The average molecular weight is 437 g/mol. The monoisotopic (exact) mass is 436 g/mol. The zero-order chi connectivity index (χ0) is 21.7. The fraction of sp³-hybridized carbons (Fsp3) is 0.318. The van der Waals surface area contributed by atoms with Crippen LogP contribution >= 0.6 is 11.3 Å². The van der Waals surface area contributed by atoms with Crippen molar-refractivity contribution in [2.24, 2.45) is 5.73 Å². The molecule has 9 heteroatoms. The first-order valence-electron chi connectivity index (χ1n) is 10.3. The fourth-order valence-electron chi connectivity index (χ4n) is 4.54. The lowest BCUT2D eigenvalue weighted by atomic mass is 10.1. The topological polar surface area (TPSA) is 109 Å². The number of hydrogen-bond donors (Lipinski definition) is 2. The normalized spacial score (nSPS) is 16.7. The molecule has 160 valence electrons. The van der Waals surface area contributed by atoms with Gasteiger partial charge in [-0.1, -0.05) is 0 Å². The molecule has 0 saturated carbocycles. The molecule has 2 amide bonds. The van der Waals surface area contributed by atoms with Crippen molar-refractivity contribution in [3.63, 3.8) is 0 Å². The van der Waals surface area contributed by atoms with E-state index in [1.165, 1.54) is 11.3 Å². The Hall–Kier alpha value is -3.33. The van der Waals surface area contributed by atoms with Gasteiger partial charge in [0.25, 0.3) is 11.8 Å². The van der Waals surface area contributed by atoms with Gasteiger partial charge in [0.15, 0.2) is 0 Å². The third-order valence-electron chi connectivity index (χ3n) is 6.11. The molecule has 0 radical (unpaired) electrons. The lowest BCUT2D eigenvalue weighted by molar-refractivity contribution is 0.0816. The van der Waals surface area contributed by atoms with E-state index in [-0.39, 0.29) is 5.91 Å². The van der Waals surface area contributed by atoms with Gasteiger partial charge in [-0.25, -0.2) is 4.98 Å². The molecule has 0 atom stereocenters. The number of aromatic nitrogens is 1. The molecule has 0 unspecified atom stereocenters. The van der Waals surface area contributed by atoms with Crippen molar-refractivity contribution in [2.75, 3.05) is 48.8 Å². The summed E-state index contributed by atoms with van der Waals surface area (Å²) >= 11 is 1.25. The second kappa shape index (κ2) is 7.42. The number of benzene rings is 1. The maximum atomic E-state index is 12.2. The predicted molar refractivity (Wildman–Crippen MR) is 124 cm³/mol.